The normalized spacial score (nSPS) is 21.7. The summed E-state index contributed by atoms with van der Waals surface area (Å²) in [4.78, 5) is 26.3. The lowest BCUT2D eigenvalue weighted by molar-refractivity contribution is 0.572. The molecule has 37 heavy (non-hydrogen) atoms. The molecule has 184 valence electrons. The van der Waals surface area contributed by atoms with Gasteiger partial charge in [-0.05, 0) is 60.0 Å². The van der Waals surface area contributed by atoms with Crippen molar-refractivity contribution in [2.24, 2.45) is 10.9 Å². The number of allylic oxidation sites excluding steroid dienone is 1. The maximum atomic E-state index is 14.9. The van der Waals surface area contributed by atoms with Gasteiger partial charge in [-0.3, -0.25) is 9.36 Å². The lowest BCUT2D eigenvalue weighted by atomic mass is 9.98. The molecule has 4 aromatic rings. The molecule has 7 rings (SSSR count). The van der Waals surface area contributed by atoms with Crippen molar-refractivity contribution < 1.29 is 8.78 Å². The van der Waals surface area contributed by atoms with Gasteiger partial charge in [0.05, 0.1) is 17.4 Å². The van der Waals surface area contributed by atoms with Gasteiger partial charge in [0.1, 0.15) is 12.2 Å². The monoisotopic (exact) mass is 518 g/mol. The van der Waals surface area contributed by atoms with Crippen molar-refractivity contribution in [1.29, 1.82) is 0 Å². The van der Waals surface area contributed by atoms with Crippen LogP contribution in [-0.4, -0.2) is 40.5 Å². The first-order valence-corrected chi connectivity index (χ1v) is 12.0. The number of aliphatic imine (C=N–C) groups is 1. The minimum Gasteiger partial charge on any atom is -0.287 e. The SMILES string of the molecule is Cc1ccc(C2=C(F)N=C(C3C4CC4c4nc(-c5cc(Cl)ccc5-n5cnnn5)cc(=O)n43)C2)c(F)n1. The molecule has 1 aromatic carbocycles. The third-order valence-corrected chi connectivity index (χ3v) is 7.40. The van der Waals surface area contributed by atoms with E-state index in [-0.39, 0.29) is 35.0 Å². The van der Waals surface area contributed by atoms with Crippen LogP contribution in [0, 0.1) is 18.8 Å². The van der Waals surface area contributed by atoms with E-state index in [1.165, 1.54) is 23.1 Å². The maximum Gasteiger partial charge on any atom is 0.254 e. The number of hydrogen-bond acceptors (Lipinski definition) is 7. The van der Waals surface area contributed by atoms with Crippen LogP contribution in [-0.2, 0) is 0 Å². The van der Waals surface area contributed by atoms with Gasteiger partial charge in [0.15, 0.2) is 0 Å². The summed E-state index contributed by atoms with van der Waals surface area (Å²) >= 11 is 6.27. The predicted octanol–water partition coefficient (Wildman–Crippen LogP) is 4.22. The minimum absolute atomic E-state index is 0.0564. The molecule has 12 heteroatoms. The van der Waals surface area contributed by atoms with Gasteiger partial charge in [0.2, 0.25) is 11.9 Å². The van der Waals surface area contributed by atoms with Gasteiger partial charge in [-0.25, -0.2) is 15.0 Å². The fraction of sp³-hybridized carbons (Fsp3) is 0.240. The van der Waals surface area contributed by atoms with E-state index in [1.54, 1.807) is 35.8 Å². The van der Waals surface area contributed by atoms with Crippen LogP contribution in [0.2, 0.25) is 5.02 Å². The predicted molar refractivity (Wildman–Crippen MR) is 131 cm³/mol. The average Bonchev–Trinajstić information content (AvgIpc) is 3.17. The number of fused-ring (bicyclic) bond motifs is 3. The summed E-state index contributed by atoms with van der Waals surface area (Å²) in [6, 6.07) is 9.33. The Kier molecular flexibility index (Phi) is 4.74. The maximum absolute atomic E-state index is 14.9. The fourth-order valence-electron chi connectivity index (χ4n) is 5.44. The smallest absolute Gasteiger partial charge is 0.254 e. The van der Waals surface area contributed by atoms with Gasteiger partial charge in [-0.15, -0.1) is 5.10 Å². The molecule has 1 saturated carbocycles. The van der Waals surface area contributed by atoms with Gasteiger partial charge in [0.25, 0.3) is 5.56 Å². The first-order valence-electron chi connectivity index (χ1n) is 11.7. The Balaban J connectivity index is 1.27. The zero-order valence-electron chi connectivity index (χ0n) is 19.3. The lowest BCUT2D eigenvalue weighted by Gasteiger charge is -2.19. The number of rotatable bonds is 4. The molecule has 5 heterocycles. The van der Waals surface area contributed by atoms with Gasteiger partial charge in [-0.1, -0.05) is 11.6 Å². The quantitative estimate of drug-likeness (QED) is 0.296. The third-order valence-electron chi connectivity index (χ3n) is 7.17. The first-order chi connectivity index (χ1) is 17.9. The molecule has 0 saturated heterocycles. The van der Waals surface area contributed by atoms with Gasteiger partial charge in [-0.2, -0.15) is 13.5 Å². The largest absolute Gasteiger partial charge is 0.287 e. The number of tetrazole rings is 1. The average molecular weight is 519 g/mol. The van der Waals surface area contributed by atoms with E-state index in [0.717, 1.165) is 6.42 Å². The van der Waals surface area contributed by atoms with E-state index in [0.29, 0.717) is 39.2 Å². The highest BCUT2D eigenvalue weighted by molar-refractivity contribution is 6.31. The highest BCUT2D eigenvalue weighted by Crippen LogP contribution is 2.59. The number of hydrogen-bond donors (Lipinski definition) is 0. The first kappa shape index (κ1) is 22.1. The molecular formula is C25H17ClF2N8O. The summed E-state index contributed by atoms with van der Waals surface area (Å²) in [5.74, 6) is -0.713. The Morgan fingerprint density at radius 3 is 2.73 bits per heavy atom. The second-order valence-corrected chi connectivity index (χ2v) is 9.85. The highest BCUT2D eigenvalue weighted by atomic mass is 35.5. The Labute approximate surface area is 213 Å². The molecule has 3 atom stereocenters. The lowest BCUT2D eigenvalue weighted by Crippen LogP contribution is -2.30. The van der Waals surface area contributed by atoms with Crippen molar-refractivity contribution in [3.8, 4) is 16.9 Å². The topological polar surface area (TPSA) is 104 Å². The summed E-state index contributed by atoms with van der Waals surface area (Å²) in [6.07, 6.45) is 2.36. The molecule has 9 nitrogen and oxygen atoms in total. The van der Waals surface area contributed by atoms with Gasteiger partial charge < -0.3 is 0 Å². The van der Waals surface area contributed by atoms with Crippen LogP contribution < -0.4 is 5.56 Å². The zero-order chi connectivity index (χ0) is 25.4. The molecule has 3 aromatic heterocycles. The van der Waals surface area contributed by atoms with Crippen LogP contribution >= 0.6 is 11.6 Å². The summed E-state index contributed by atoms with van der Waals surface area (Å²) in [5.41, 5.74) is 2.63. The molecule has 0 bridgehead atoms. The van der Waals surface area contributed by atoms with Gasteiger partial charge in [0, 0.05) is 51.5 Å². The molecule has 3 aliphatic rings. The Hall–Kier alpha value is -4.12. The van der Waals surface area contributed by atoms with E-state index in [1.807, 2.05) is 0 Å². The third kappa shape index (κ3) is 3.45. The number of benzene rings is 1. The fourth-order valence-corrected chi connectivity index (χ4v) is 5.61. The summed E-state index contributed by atoms with van der Waals surface area (Å²) in [6.45, 7) is 1.67. The number of nitrogens with zero attached hydrogens (tertiary/aromatic N) is 8. The molecule has 0 radical (unpaired) electrons. The molecule has 3 unspecified atom stereocenters. The van der Waals surface area contributed by atoms with Crippen LogP contribution in [0.15, 0.2) is 58.5 Å². The zero-order valence-corrected chi connectivity index (χ0v) is 20.1. The molecule has 2 aliphatic heterocycles. The van der Waals surface area contributed by atoms with Crippen molar-refractivity contribution in [1.82, 2.24) is 34.7 Å². The number of aromatic nitrogens is 7. The van der Waals surface area contributed by atoms with Crippen molar-refractivity contribution in [2.45, 2.75) is 31.7 Å². The van der Waals surface area contributed by atoms with E-state index in [2.05, 4.69) is 25.5 Å². The number of halogens is 3. The van der Waals surface area contributed by atoms with Crippen LogP contribution in [0.1, 0.15) is 41.9 Å². The molecule has 0 spiro atoms. The molecule has 0 N–H and O–H groups in total. The van der Waals surface area contributed by atoms with E-state index < -0.39 is 17.9 Å². The second kappa shape index (κ2) is 7.94. The Bertz CT molecular complexity index is 1730. The number of pyridine rings is 1. The van der Waals surface area contributed by atoms with E-state index in [4.69, 9.17) is 16.6 Å². The highest BCUT2D eigenvalue weighted by Gasteiger charge is 2.56. The summed E-state index contributed by atoms with van der Waals surface area (Å²) < 4.78 is 32.5. The minimum atomic E-state index is -0.743. The van der Waals surface area contributed by atoms with Crippen LogP contribution in [0.25, 0.3) is 22.5 Å². The van der Waals surface area contributed by atoms with Crippen molar-refractivity contribution in [2.75, 3.05) is 0 Å². The van der Waals surface area contributed by atoms with Crippen molar-refractivity contribution >= 4 is 22.9 Å². The Morgan fingerprint density at radius 2 is 1.95 bits per heavy atom. The molecular weight excluding hydrogens is 502 g/mol. The summed E-state index contributed by atoms with van der Waals surface area (Å²) in [7, 11) is 0. The van der Waals surface area contributed by atoms with Crippen molar-refractivity contribution in [3.05, 3.63) is 87.1 Å². The number of aryl methyl sites for hydroxylation is 1. The standard InChI is InChI=1S/C25H17ClF2N8O/c1-11-2-4-13(23(27)30-11)15-8-19(31-24(15)28)22-14-7-16(14)25-32-18(9-21(37)36(22)25)17-6-12(26)3-5-20(17)35-10-29-33-34-35/h2-6,9-10,14,16,22H,7-8H2,1H3. The van der Waals surface area contributed by atoms with Crippen LogP contribution in [0.5, 0.6) is 0 Å². The van der Waals surface area contributed by atoms with E-state index >= 15 is 0 Å². The Morgan fingerprint density at radius 1 is 1.08 bits per heavy atom. The molecule has 1 aliphatic carbocycles. The van der Waals surface area contributed by atoms with Crippen molar-refractivity contribution in [3.63, 3.8) is 0 Å². The summed E-state index contributed by atoms with van der Waals surface area (Å²) in [5, 5.41) is 11.8. The van der Waals surface area contributed by atoms with E-state index in [9.17, 15) is 13.6 Å². The van der Waals surface area contributed by atoms with Gasteiger partial charge >= 0.3 is 0 Å². The van der Waals surface area contributed by atoms with Crippen LogP contribution in [0.3, 0.4) is 0 Å². The molecule has 0 amide bonds. The second-order valence-electron chi connectivity index (χ2n) is 9.41. The van der Waals surface area contributed by atoms with Crippen LogP contribution in [0.4, 0.5) is 8.78 Å². The molecule has 1 fully saturated rings.